The van der Waals surface area contributed by atoms with Crippen molar-refractivity contribution in [2.45, 2.75) is 38.3 Å². The lowest BCUT2D eigenvalue weighted by Crippen LogP contribution is -2.24. The zero-order chi connectivity index (χ0) is 7.98. The van der Waals surface area contributed by atoms with Crippen LogP contribution in [0, 0.1) is 0 Å². The van der Waals surface area contributed by atoms with E-state index in [2.05, 4.69) is 19.2 Å². The first-order valence-electron chi connectivity index (χ1n) is 3.68. The van der Waals surface area contributed by atoms with Gasteiger partial charge >= 0.3 is 0 Å². The second kappa shape index (κ2) is 5.96. The van der Waals surface area contributed by atoms with Gasteiger partial charge in [-0.25, -0.2) is 0 Å². The smallest absolute Gasteiger partial charge is 0.128 e. The monoisotopic (exact) mass is 165 g/mol. The molecule has 0 saturated heterocycles. The lowest BCUT2D eigenvalue weighted by molar-refractivity contribution is 0.241. The molecule has 0 spiro atoms. The summed E-state index contributed by atoms with van der Waals surface area (Å²) in [6.07, 6.45) is 1.60. The van der Waals surface area contributed by atoms with Crippen molar-refractivity contribution in [1.29, 1.82) is 0 Å². The highest BCUT2D eigenvalue weighted by molar-refractivity contribution is 6.19. The maximum absolute atomic E-state index is 8.66. The fourth-order valence-corrected chi connectivity index (χ4v) is 0.816. The van der Waals surface area contributed by atoms with Crippen LogP contribution < -0.4 is 5.32 Å². The summed E-state index contributed by atoms with van der Waals surface area (Å²) in [5.41, 5.74) is -0.672. The minimum atomic E-state index is -0.672. The van der Waals surface area contributed by atoms with Gasteiger partial charge in [0.1, 0.15) is 5.56 Å². The number of hydrogen-bond acceptors (Lipinski definition) is 2. The highest BCUT2D eigenvalue weighted by atomic mass is 35.5. The van der Waals surface area contributed by atoms with Crippen molar-refractivity contribution in [1.82, 2.24) is 5.32 Å². The second-order valence-corrected chi connectivity index (χ2v) is 3.19. The Kier molecular flexibility index (Phi) is 6.08. The van der Waals surface area contributed by atoms with Crippen LogP contribution in [0.2, 0.25) is 0 Å². The van der Waals surface area contributed by atoms with E-state index in [0.717, 1.165) is 13.0 Å². The average molecular weight is 166 g/mol. The van der Waals surface area contributed by atoms with Crippen LogP contribution in [-0.4, -0.2) is 23.3 Å². The zero-order valence-electron chi connectivity index (χ0n) is 6.60. The van der Waals surface area contributed by atoms with Gasteiger partial charge in [0.05, 0.1) is 0 Å². The number of alkyl halides is 1. The third kappa shape index (κ3) is 8.21. The Bertz CT molecular complexity index is 66.0. The Morgan fingerprint density at radius 1 is 1.50 bits per heavy atom. The molecule has 0 aromatic carbocycles. The van der Waals surface area contributed by atoms with Gasteiger partial charge in [0.25, 0.3) is 0 Å². The van der Waals surface area contributed by atoms with Gasteiger partial charge in [-0.15, -0.1) is 0 Å². The summed E-state index contributed by atoms with van der Waals surface area (Å²) in [4.78, 5) is 0. The Labute approximate surface area is 67.6 Å². The van der Waals surface area contributed by atoms with Crippen LogP contribution in [0.1, 0.15) is 26.7 Å². The predicted molar refractivity (Wildman–Crippen MR) is 44.2 cm³/mol. The lowest BCUT2D eigenvalue weighted by Gasteiger charge is -2.07. The fourth-order valence-electron chi connectivity index (χ4n) is 0.661. The molecule has 0 bridgehead atoms. The number of rotatable bonds is 5. The molecule has 62 valence electrons. The van der Waals surface area contributed by atoms with Gasteiger partial charge in [0.15, 0.2) is 0 Å². The van der Waals surface area contributed by atoms with E-state index in [4.69, 9.17) is 16.7 Å². The quantitative estimate of drug-likeness (QED) is 0.476. The standard InChI is InChI=1S/C7H16ClNO/c1-6(2)9-5-3-4-7(8)10/h6-7,9-10H,3-5H2,1-2H3. The van der Waals surface area contributed by atoms with Crippen molar-refractivity contribution in [2.75, 3.05) is 6.54 Å². The summed E-state index contributed by atoms with van der Waals surface area (Å²) in [5, 5.41) is 11.9. The third-order valence-corrected chi connectivity index (χ3v) is 1.39. The van der Waals surface area contributed by atoms with Crippen molar-refractivity contribution in [3.05, 3.63) is 0 Å². The van der Waals surface area contributed by atoms with Crippen LogP contribution in [0.25, 0.3) is 0 Å². The summed E-state index contributed by atoms with van der Waals surface area (Å²) in [6, 6.07) is 0.521. The van der Waals surface area contributed by atoms with Gasteiger partial charge in [0, 0.05) is 6.04 Å². The molecule has 0 aliphatic rings. The van der Waals surface area contributed by atoms with E-state index in [-0.39, 0.29) is 0 Å². The van der Waals surface area contributed by atoms with Gasteiger partial charge in [-0.2, -0.15) is 0 Å². The molecule has 2 nitrogen and oxygen atoms in total. The van der Waals surface area contributed by atoms with Crippen LogP contribution >= 0.6 is 11.6 Å². The van der Waals surface area contributed by atoms with Gasteiger partial charge in [0.2, 0.25) is 0 Å². The Hall–Kier alpha value is 0.210. The largest absolute Gasteiger partial charge is 0.378 e. The zero-order valence-corrected chi connectivity index (χ0v) is 7.36. The molecule has 0 rings (SSSR count). The Morgan fingerprint density at radius 3 is 2.50 bits per heavy atom. The summed E-state index contributed by atoms with van der Waals surface area (Å²) < 4.78 is 0. The second-order valence-electron chi connectivity index (χ2n) is 2.69. The van der Waals surface area contributed by atoms with Gasteiger partial charge in [-0.1, -0.05) is 25.4 Å². The van der Waals surface area contributed by atoms with Gasteiger partial charge < -0.3 is 10.4 Å². The van der Waals surface area contributed by atoms with Crippen molar-refractivity contribution in [3.63, 3.8) is 0 Å². The molecule has 3 heteroatoms. The first-order chi connectivity index (χ1) is 4.63. The molecule has 0 aromatic rings. The lowest BCUT2D eigenvalue weighted by atomic mass is 10.3. The van der Waals surface area contributed by atoms with Crippen LogP contribution in [0.5, 0.6) is 0 Å². The molecule has 1 atom stereocenters. The summed E-state index contributed by atoms with van der Waals surface area (Å²) >= 11 is 5.32. The topological polar surface area (TPSA) is 32.3 Å². The minimum Gasteiger partial charge on any atom is -0.378 e. The molecule has 0 fully saturated rings. The summed E-state index contributed by atoms with van der Waals surface area (Å²) in [6.45, 7) is 5.12. The Balaban J connectivity index is 2.91. The highest BCUT2D eigenvalue weighted by Gasteiger charge is 1.97. The molecule has 0 radical (unpaired) electrons. The molecular formula is C7H16ClNO. The van der Waals surface area contributed by atoms with E-state index >= 15 is 0 Å². The van der Waals surface area contributed by atoms with E-state index in [1.807, 2.05) is 0 Å². The van der Waals surface area contributed by atoms with Crippen molar-refractivity contribution in [3.8, 4) is 0 Å². The van der Waals surface area contributed by atoms with Crippen molar-refractivity contribution in [2.24, 2.45) is 0 Å². The summed E-state index contributed by atoms with van der Waals surface area (Å²) in [7, 11) is 0. The van der Waals surface area contributed by atoms with Crippen molar-refractivity contribution < 1.29 is 5.11 Å². The maximum Gasteiger partial charge on any atom is 0.128 e. The number of nitrogens with one attached hydrogen (secondary N) is 1. The van der Waals surface area contributed by atoms with E-state index in [9.17, 15) is 0 Å². The molecule has 1 unspecified atom stereocenters. The van der Waals surface area contributed by atoms with Gasteiger partial charge in [-0.05, 0) is 19.4 Å². The molecule has 0 amide bonds. The molecule has 0 heterocycles. The van der Waals surface area contributed by atoms with Crippen LogP contribution in [-0.2, 0) is 0 Å². The molecule has 0 saturated carbocycles. The van der Waals surface area contributed by atoms with Crippen molar-refractivity contribution >= 4 is 11.6 Å². The number of aliphatic hydroxyl groups is 1. The fraction of sp³-hybridized carbons (Fsp3) is 1.00. The highest BCUT2D eigenvalue weighted by Crippen LogP contribution is 1.99. The van der Waals surface area contributed by atoms with E-state index in [1.165, 1.54) is 0 Å². The molecule has 0 aliphatic carbocycles. The minimum absolute atomic E-state index is 0.521. The first kappa shape index (κ1) is 10.2. The van der Waals surface area contributed by atoms with E-state index in [0.29, 0.717) is 12.5 Å². The third-order valence-electron chi connectivity index (χ3n) is 1.17. The average Bonchev–Trinajstić information content (AvgIpc) is 1.79. The maximum atomic E-state index is 8.66. The molecule has 10 heavy (non-hydrogen) atoms. The molecular weight excluding hydrogens is 150 g/mol. The molecule has 0 aromatic heterocycles. The van der Waals surface area contributed by atoms with E-state index in [1.54, 1.807) is 0 Å². The van der Waals surface area contributed by atoms with Crippen LogP contribution in [0.4, 0.5) is 0 Å². The number of aliphatic hydroxyl groups excluding tert-OH is 1. The van der Waals surface area contributed by atoms with Crippen LogP contribution in [0.3, 0.4) is 0 Å². The summed E-state index contributed by atoms with van der Waals surface area (Å²) in [5.74, 6) is 0. The van der Waals surface area contributed by atoms with Gasteiger partial charge in [-0.3, -0.25) is 0 Å². The van der Waals surface area contributed by atoms with Crippen LogP contribution in [0.15, 0.2) is 0 Å². The SMILES string of the molecule is CC(C)NCCCC(O)Cl. The number of halogens is 1. The molecule has 2 N–H and O–H groups in total. The Morgan fingerprint density at radius 2 is 2.10 bits per heavy atom. The normalized spacial score (nSPS) is 14.1. The molecule has 0 aliphatic heterocycles. The predicted octanol–water partition coefficient (Wildman–Crippen LogP) is 1.32. The van der Waals surface area contributed by atoms with E-state index < -0.39 is 5.56 Å². The first-order valence-corrected chi connectivity index (χ1v) is 4.12. The number of hydrogen-bond donors (Lipinski definition) is 2.